The number of hydrogen-bond acceptors (Lipinski definition) is 5. The molecule has 0 bridgehead atoms. The number of halogens is 1. The molecule has 1 aromatic carbocycles. The first-order valence-electron chi connectivity index (χ1n) is 8.22. The smallest absolute Gasteiger partial charge is 0.191 e. The minimum Gasteiger partial charge on any atom is -0.346 e. The van der Waals surface area contributed by atoms with Gasteiger partial charge in [-0.15, -0.1) is 22.7 Å². The van der Waals surface area contributed by atoms with Crippen LogP contribution in [0.5, 0.6) is 0 Å². The van der Waals surface area contributed by atoms with E-state index in [0.717, 1.165) is 31.9 Å². The third-order valence-corrected chi connectivity index (χ3v) is 6.49. The number of aromatic nitrogens is 3. The predicted molar refractivity (Wildman–Crippen MR) is 114 cm³/mol. The lowest BCUT2D eigenvalue weighted by molar-refractivity contribution is 1.28. The zero-order chi connectivity index (χ0) is 18.5. The Labute approximate surface area is 167 Å². The van der Waals surface area contributed by atoms with Crippen LogP contribution in [0.2, 0.25) is 5.02 Å². The van der Waals surface area contributed by atoms with E-state index in [1.54, 1.807) is 34.4 Å². The summed E-state index contributed by atoms with van der Waals surface area (Å²) >= 11 is 9.68. The lowest BCUT2D eigenvalue weighted by atomic mass is 10.0. The third kappa shape index (κ3) is 2.77. The van der Waals surface area contributed by atoms with Crippen molar-refractivity contribution in [3.63, 3.8) is 0 Å². The van der Waals surface area contributed by atoms with Crippen molar-refractivity contribution in [2.45, 2.75) is 6.92 Å². The Balaban J connectivity index is 1.88. The van der Waals surface area contributed by atoms with Gasteiger partial charge in [-0.3, -0.25) is 4.79 Å². The molecule has 0 aliphatic heterocycles. The Kier molecular flexibility index (Phi) is 3.86. The molecule has 132 valence electrons. The fraction of sp³-hybridized carbons (Fsp3) is 0.0500. The second-order valence-electron chi connectivity index (χ2n) is 6.19. The van der Waals surface area contributed by atoms with Gasteiger partial charge in [0.15, 0.2) is 5.43 Å². The van der Waals surface area contributed by atoms with Gasteiger partial charge in [-0.05, 0) is 42.8 Å². The lowest BCUT2D eigenvalue weighted by Gasteiger charge is -2.10. The number of hydrogen-bond donors (Lipinski definition) is 1. The van der Waals surface area contributed by atoms with E-state index in [-0.39, 0.29) is 5.43 Å². The van der Waals surface area contributed by atoms with Crippen molar-refractivity contribution in [3.05, 3.63) is 68.2 Å². The Morgan fingerprint density at radius 3 is 2.85 bits per heavy atom. The second-order valence-corrected chi connectivity index (χ2v) is 8.77. The monoisotopic (exact) mass is 409 g/mol. The van der Waals surface area contributed by atoms with Crippen LogP contribution in [0, 0.1) is 6.92 Å². The van der Waals surface area contributed by atoms with Gasteiger partial charge >= 0.3 is 0 Å². The minimum absolute atomic E-state index is 0.0589. The summed E-state index contributed by atoms with van der Waals surface area (Å²) in [6.07, 6.45) is 1.63. The van der Waals surface area contributed by atoms with Crippen LogP contribution >= 0.6 is 34.3 Å². The van der Waals surface area contributed by atoms with Gasteiger partial charge in [-0.1, -0.05) is 11.6 Å². The molecule has 5 aromatic rings. The Bertz CT molecular complexity index is 1380. The standard InChI is InChI=1S/C20H12ClN3OS2/c1-10-2-3-16(27-10)18-12(8-13-15(25)4-5-22-20(13)24-18)11-6-14(21)19-17(7-11)26-9-23-19/h2-9H,1H3,(H,22,24,25). The predicted octanol–water partition coefficient (Wildman–Crippen LogP) is 5.89. The molecule has 4 nitrogen and oxygen atoms in total. The van der Waals surface area contributed by atoms with Crippen LogP contribution in [0.25, 0.3) is 42.9 Å². The van der Waals surface area contributed by atoms with Gasteiger partial charge in [-0.25, -0.2) is 9.97 Å². The SMILES string of the molecule is Cc1ccc(-c2nc3[nH]ccc(=O)c3cc2-c2cc(Cl)c3ncsc3c2)s1. The van der Waals surface area contributed by atoms with Crippen molar-refractivity contribution in [2.24, 2.45) is 0 Å². The van der Waals surface area contributed by atoms with Gasteiger partial charge in [0, 0.05) is 22.7 Å². The van der Waals surface area contributed by atoms with Crippen LogP contribution in [0.3, 0.4) is 0 Å². The number of aryl methyl sites for hydroxylation is 1. The zero-order valence-electron chi connectivity index (χ0n) is 14.1. The number of fused-ring (bicyclic) bond motifs is 2. The molecule has 0 amide bonds. The number of benzene rings is 1. The van der Waals surface area contributed by atoms with Crippen LogP contribution in [0.15, 0.2) is 52.9 Å². The summed E-state index contributed by atoms with van der Waals surface area (Å²) in [6.45, 7) is 2.07. The number of nitrogens with one attached hydrogen (secondary N) is 1. The molecule has 0 atom stereocenters. The Morgan fingerprint density at radius 2 is 2.04 bits per heavy atom. The molecule has 7 heteroatoms. The molecule has 27 heavy (non-hydrogen) atoms. The summed E-state index contributed by atoms with van der Waals surface area (Å²) < 4.78 is 1.01. The molecule has 0 saturated carbocycles. The van der Waals surface area contributed by atoms with E-state index in [4.69, 9.17) is 16.6 Å². The third-order valence-electron chi connectivity index (χ3n) is 4.42. The molecule has 0 spiro atoms. The molecule has 0 aliphatic carbocycles. The van der Waals surface area contributed by atoms with E-state index in [0.29, 0.717) is 16.1 Å². The van der Waals surface area contributed by atoms with Gasteiger partial charge < -0.3 is 4.98 Å². The van der Waals surface area contributed by atoms with Crippen molar-refractivity contribution in [3.8, 4) is 21.7 Å². The van der Waals surface area contributed by atoms with Crippen molar-refractivity contribution < 1.29 is 0 Å². The molecule has 0 fully saturated rings. The molecule has 4 heterocycles. The van der Waals surface area contributed by atoms with Crippen molar-refractivity contribution >= 4 is 55.5 Å². The quantitative estimate of drug-likeness (QED) is 0.395. The van der Waals surface area contributed by atoms with E-state index in [1.807, 2.05) is 12.1 Å². The molecule has 1 N–H and O–H groups in total. The molecule has 0 aliphatic rings. The molecular formula is C20H12ClN3OS2. The highest BCUT2D eigenvalue weighted by molar-refractivity contribution is 7.17. The maximum absolute atomic E-state index is 12.4. The normalized spacial score (nSPS) is 11.5. The van der Waals surface area contributed by atoms with E-state index >= 15 is 0 Å². The highest BCUT2D eigenvalue weighted by atomic mass is 35.5. The highest BCUT2D eigenvalue weighted by Gasteiger charge is 2.16. The summed E-state index contributed by atoms with van der Waals surface area (Å²) in [7, 11) is 0. The first-order valence-corrected chi connectivity index (χ1v) is 10.3. The van der Waals surface area contributed by atoms with Crippen molar-refractivity contribution in [2.75, 3.05) is 0 Å². The number of H-pyrrole nitrogens is 1. The van der Waals surface area contributed by atoms with E-state index in [9.17, 15) is 4.79 Å². The second kappa shape index (κ2) is 6.27. The number of thiazole rings is 1. The molecular weight excluding hydrogens is 398 g/mol. The number of aromatic amines is 1. The first kappa shape index (κ1) is 16.6. The van der Waals surface area contributed by atoms with E-state index in [2.05, 4.69) is 35.1 Å². The first-order chi connectivity index (χ1) is 13.1. The van der Waals surface area contributed by atoms with Crippen LogP contribution in [0.4, 0.5) is 0 Å². The van der Waals surface area contributed by atoms with Crippen LogP contribution in [-0.4, -0.2) is 15.0 Å². The Morgan fingerprint density at radius 1 is 1.15 bits per heavy atom. The number of rotatable bonds is 2. The zero-order valence-corrected chi connectivity index (χ0v) is 16.5. The van der Waals surface area contributed by atoms with E-state index < -0.39 is 0 Å². The number of nitrogens with zero attached hydrogens (tertiary/aromatic N) is 2. The van der Waals surface area contributed by atoms with Gasteiger partial charge in [0.25, 0.3) is 0 Å². The van der Waals surface area contributed by atoms with E-state index in [1.165, 1.54) is 10.9 Å². The largest absolute Gasteiger partial charge is 0.346 e. The highest BCUT2D eigenvalue weighted by Crippen LogP contribution is 2.39. The fourth-order valence-electron chi connectivity index (χ4n) is 3.15. The molecule has 4 aromatic heterocycles. The van der Waals surface area contributed by atoms with Crippen molar-refractivity contribution in [1.29, 1.82) is 0 Å². The maximum Gasteiger partial charge on any atom is 0.191 e. The molecule has 5 rings (SSSR count). The maximum atomic E-state index is 12.4. The summed E-state index contributed by atoms with van der Waals surface area (Å²) in [4.78, 5) is 26.8. The fourth-order valence-corrected chi connectivity index (χ4v) is 5.08. The number of pyridine rings is 2. The van der Waals surface area contributed by atoms with Gasteiger partial charge in [0.1, 0.15) is 5.65 Å². The number of thiophene rings is 1. The van der Waals surface area contributed by atoms with Crippen LogP contribution in [-0.2, 0) is 0 Å². The Hall–Kier alpha value is -2.54. The van der Waals surface area contributed by atoms with Gasteiger partial charge in [-0.2, -0.15) is 0 Å². The average Bonchev–Trinajstić information content (AvgIpc) is 3.30. The van der Waals surface area contributed by atoms with Crippen LogP contribution in [0.1, 0.15) is 4.88 Å². The molecule has 0 unspecified atom stereocenters. The molecule has 0 saturated heterocycles. The molecule has 0 radical (unpaired) electrons. The minimum atomic E-state index is -0.0589. The van der Waals surface area contributed by atoms with Gasteiger partial charge in [0.05, 0.1) is 36.7 Å². The topological polar surface area (TPSA) is 58.6 Å². The summed E-state index contributed by atoms with van der Waals surface area (Å²) in [5.74, 6) is 0. The summed E-state index contributed by atoms with van der Waals surface area (Å²) in [5.41, 5.74) is 5.75. The van der Waals surface area contributed by atoms with Crippen molar-refractivity contribution in [1.82, 2.24) is 15.0 Å². The van der Waals surface area contributed by atoms with Gasteiger partial charge in [0.2, 0.25) is 0 Å². The lowest BCUT2D eigenvalue weighted by Crippen LogP contribution is -2.03. The summed E-state index contributed by atoms with van der Waals surface area (Å²) in [5, 5.41) is 1.16. The summed E-state index contributed by atoms with van der Waals surface area (Å²) in [6, 6.07) is 11.5. The average molecular weight is 410 g/mol. The van der Waals surface area contributed by atoms with Crippen LogP contribution < -0.4 is 5.43 Å².